The summed E-state index contributed by atoms with van der Waals surface area (Å²) in [6.07, 6.45) is 5.10. The summed E-state index contributed by atoms with van der Waals surface area (Å²) in [4.78, 5) is 19.4. The molecule has 0 unspecified atom stereocenters. The second-order valence-electron chi connectivity index (χ2n) is 6.29. The molecule has 3 rings (SSSR count). The highest BCUT2D eigenvalue weighted by atomic mass is 16.1. The highest BCUT2D eigenvalue weighted by Crippen LogP contribution is 2.22. The van der Waals surface area contributed by atoms with Crippen molar-refractivity contribution in [1.82, 2.24) is 10.3 Å². The fourth-order valence-corrected chi connectivity index (χ4v) is 3.29. The van der Waals surface area contributed by atoms with Crippen LogP contribution < -0.4 is 10.2 Å². The summed E-state index contributed by atoms with van der Waals surface area (Å²) < 4.78 is 0. The number of carbonyl (C=O) groups excluding carboxylic acids is 1. The summed E-state index contributed by atoms with van der Waals surface area (Å²) in [5, 5.41) is 3.11. The topological polar surface area (TPSA) is 45.2 Å². The number of hydrogen-bond donors (Lipinski definition) is 1. The van der Waals surface area contributed by atoms with Gasteiger partial charge in [0, 0.05) is 31.7 Å². The number of benzene rings is 1. The fourth-order valence-electron chi connectivity index (χ4n) is 3.29. The third-order valence-corrected chi connectivity index (χ3v) is 4.71. The van der Waals surface area contributed by atoms with Crippen molar-refractivity contribution in [1.29, 1.82) is 0 Å². The number of nitrogens with one attached hydrogen (secondary N) is 1. The van der Waals surface area contributed by atoms with E-state index < -0.39 is 0 Å². The van der Waals surface area contributed by atoms with Crippen molar-refractivity contribution in [3.63, 3.8) is 0 Å². The number of hydrogen-bond acceptors (Lipinski definition) is 3. The Morgan fingerprint density at radius 2 is 1.92 bits per heavy atom. The molecule has 2 heterocycles. The summed E-state index contributed by atoms with van der Waals surface area (Å²) in [5.74, 6) is 1.13. The highest BCUT2D eigenvalue weighted by molar-refractivity contribution is 5.98. The van der Waals surface area contributed by atoms with Crippen LogP contribution in [-0.4, -0.2) is 30.5 Å². The maximum Gasteiger partial charge on any atom is 0.255 e. The Morgan fingerprint density at radius 3 is 2.62 bits per heavy atom. The minimum Gasteiger partial charge on any atom is -0.356 e. The molecule has 1 N–H and O–H groups in total. The van der Waals surface area contributed by atoms with E-state index in [1.165, 1.54) is 18.4 Å². The molecule has 0 radical (unpaired) electrons. The minimum absolute atomic E-state index is 0.0284. The van der Waals surface area contributed by atoms with E-state index in [-0.39, 0.29) is 5.91 Å². The lowest BCUT2D eigenvalue weighted by atomic mass is 9.96. The Hall–Kier alpha value is -2.36. The van der Waals surface area contributed by atoms with Crippen molar-refractivity contribution in [2.75, 3.05) is 24.5 Å². The first-order valence-electron chi connectivity index (χ1n) is 8.82. The van der Waals surface area contributed by atoms with Gasteiger partial charge >= 0.3 is 0 Å². The molecule has 126 valence electrons. The third-order valence-electron chi connectivity index (χ3n) is 4.71. The molecule has 4 nitrogen and oxygen atoms in total. The van der Waals surface area contributed by atoms with Crippen LogP contribution in [-0.2, 0) is 0 Å². The molecule has 1 aromatic heterocycles. The maximum absolute atomic E-state index is 12.7. The number of aromatic nitrogens is 1. The monoisotopic (exact) mass is 323 g/mol. The average molecular weight is 323 g/mol. The SMILES string of the molecule is CC[C@H](CNC(=O)c1cccnc1N1CCCC1)c1ccccc1. The number of carbonyl (C=O) groups is 1. The van der Waals surface area contributed by atoms with Crippen molar-refractivity contribution in [3.8, 4) is 0 Å². The zero-order chi connectivity index (χ0) is 16.8. The van der Waals surface area contributed by atoms with Gasteiger partial charge in [0.25, 0.3) is 5.91 Å². The summed E-state index contributed by atoms with van der Waals surface area (Å²) in [6, 6.07) is 14.1. The molecule has 24 heavy (non-hydrogen) atoms. The van der Waals surface area contributed by atoms with Crippen LogP contribution in [0.3, 0.4) is 0 Å². The molecule has 0 aliphatic carbocycles. The van der Waals surface area contributed by atoms with E-state index in [0.717, 1.165) is 25.3 Å². The zero-order valence-corrected chi connectivity index (χ0v) is 14.2. The Labute approximate surface area is 143 Å². The Bertz CT molecular complexity index is 666. The van der Waals surface area contributed by atoms with Crippen LogP contribution in [0, 0.1) is 0 Å². The number of amides is 1. The van der Waals surface area contributed by atoms with Crippen LogP contribution in [0.4, 0.5) is 5.82 Å². The van der Waals surface area contributed by atoms with E-state index in [9.17, 15) is 4.79 Å². The molecule has 1 aliphatic rings. The van der Waals surface area contributed by atoms with Crippen molar-refractivity contribution in [2.24, 2.45) is 0 Å². The number of pyridine rings is 1. The Balaban J connectivity index is 1.69. The quantitative estimate of drug-likeness (QED) is 0.883. The Morgan fingerprint density at radius 1 is 1.17 bits per heavy atom. The lowest BCUT2D eigenvalue weighted by Crippen LogP contribution is -2.31. The Kier molecular flexibility index (Phi) is 5.47. The third kappa shape index (κ3) is 3.75. The van der Waals surface area contributed by atoms with Gasteiger partial charge in [0.2, 0.25) is 0 Å². The minimum atomic E-state index is -0.0284. The molecule has 1 aliphatic heterocycles. The average Bonchev–Trinajstić information content (AvgIpc) is 3.17. The maximum atomic E-state index is 12.7. The van der Waals surface area contributed by atoms with Crippen LogP contribution in [0.1, 0.15) is 48.0 Å². The van der Waals surface area contributed by atoms with Crippen molar-refractivity contribution in [2.45, 2.75) is 32.1 Å². The summed E-state index contributed by atoms with van der Waals surface area (Å²) in [6.45, 7) is 4.77. The van der Waals surface area contributed by atoms with Crippen LogP contribution in [0.2, 0.25) is 0 Å². The molecule has 0 spiro atoms. The molecule has 1 amide bonds. The zero-order valence-electron chi connectivity index (χ0n) is 14.2. The molecule has 4 heteroatoms. The van der Waals surface area contributed by atoms with E-state index in [1.807, 2.05) is 30.3 Å². The molecule has 0 saturated carbocycles. The summed E-state index contributed by atoms with van der Waals surface area (Å²) in [7, 11) is 0. The fraction of sp³-hybridized carbons (Fsp3) is 0.400. The first-order chi connectivity index (χ1) is 11.8. The second-order valence-corrected chi connectivity index (χ2v) is 6.29. The van der Waals surface area contributed by atoms with Gasteiger partial charge in [-0.2, -0.15) is 0 Å². The number of nitrogens with zero attached hydrogens (tertiary/aromatic N) is 2. The predicted octanol–water partition coefficient (Wildman–Crippen LogP) is 3.61. The van der Waals surface area contributed by atoms with Gasteiger partial charge in [-0.1, -0.05) is 37.3 Å². The normalized spacial score (nSPS) is 15.3. The summed E-state index contributed by atoms with van der Waals surface area (Å²) in [5.41, 5.74) is 1.95. The van der Waals surface area contributed by atoms with E-state index in [1.54, 1.807) is 6.20 Å². The van der Waals surface area contributed by atoms with Gasteiger partial charge < -0.3 is 10.2 Å². The van der Waals surface area contributed by atoms with E-state index in [2.05, 4.69) is 34.3 Å². The molecule has 1 fully saturated rings. The number of rotatable bonds is 6. The largest absolute Gasteiger partial charge is 0.356 e. The van der Waals surface area contributed by atoms with Gasteiger partial charge in [0.05, 0.1) is 5.56 Å². The molecule has 1 atom stereocenters. The first kappa shape index (κ1) is 16.5. The second kappa shape index (κ2) is 7.95. The van der Waals surface area contributed by atoms with Gasteiger partial charge in [0.1, 0.15) is 5.82 Å². The van der Waals surface area contributed by atoms with Crippen LogP contribution in [0.5, 0.6) is 0 Å². The number of anilines is 1. The summed E-state index contributed by atoms with van der Waals surface area (Å²) >= 11 is 0. The van der Waals surface area contributed by atoms with Crippen molar-refractivity contribution < 1.29 is 4.79 Å². The predicted molar refractivity (Wildman–Crippen MR) is 97.5 cm³/mol. The molecule has 1 aromatic carbocycles. The standard InChI is InChI=1S/C20H25N3O/c1-2-16(17-9-4-3-5-10-17)15-22-20(24)18-11-8-12-21-19(18)23-13-6-7-14-23/h3-5,8-12,16H,2,6-7,13-15H2,1H3,(H,22,24)/t16-/m1/s1. The van der Waals surface area contributed by atoms with E-state index in [0.29, 0.717) is 18.0 Å². The van der Waals surface area contributed by atoms with E-state index in [4.69, 9.17) is 0 Å². The van der Waals surface area contributed by atoms with Crippen LogP contribution >= 0.6 is 0 Å². The van der Waals surface area contributed by atoms with Gasteiger partial charge in [-0.15, -0.1) is 0 Å². The lowest BCUT2D eigenvalue weighted by molar-refractivity contribution is 0.0951. The van der Waals surface area contributed by atoms with Gasteiger partial charge in [0.15, 0.2) is 0 Å². The van der Waals surface area contributed by atoms with E-state index >= 15 is 0 Å². The van der Waals surface area contributed by atoms with Crippen LogP contribution in [0.25, 0.3) is 0 Å². The van der Waals surface area contributed by atoms with Gasteiger partial charge in [-0.3, -0.25) is 4.79 Å². The van der Waals surface area contributed by atoms with Crippen LogP contribution in [0.15, 0.2) is 48.7 Å². The first-order valence-corrected chi connectivity index (χ1v) is 8.82. The van der Waals surface area contributed by atoms with Crippen molar-refractivity contribution in [3.05, 3.63) is 59.8 Å². The molecule has 2 aromatic rings. The lowest BCUT2D eigenvalue weighted by Gasteiger charge is -2.20. The van der Waals surface area contributed by atoms with Crippen molar-refractivity contribution >= 4 is 11.7 Å². The molecule has 0 bridgehead atoms. The highest BCUT2D eigenvalue weighted by Gasteiger charge is 2.21. The molecular weight excluding hydrogens is 298 g/mol. The molecule has 1 saturated heterocycles. The van der Waals surface area contributed by atoms with Gasteiger partial charge in [-0.05, 0) is 37.0 Å². The molecular formula is C20H25N3O. The smallest absolute Gasteiger partial charge is 0.255 e. The van der Waals surface area contributed by atoms with Gasteiger partial charge in [-0.25, -0.2) is 4.98 Å².